The average Bonchev–Trinajstić information content (AvgIpc) is 2.81. The maximum atomic E-state index is 11.2. The number of unbranched alkanes of at least 4 members (excludes halogenated alkanes) is 6. The molecule has 0 saturated carbocycles. The minimum absolute atomic E-state index is 0. The van der Waals surface area contributed by atoms with Crippen LogP contribution in [-0.2, 0) is 27.3 Å². The van der Waals surface area contributed by atoms with Crippen molar-refractivity contribution >= 4 is 22.8 Å². The van der Waals surface area contributed by atoms with Crippen LogP contribution in [0.3, 0.4) is 0 Å². The van der Waals surface area contributed by atoms with Gasteiger partial charge in [0.2, 0.25) is 0 Å². The smallest absolute Gasteiger partial charge is 0.324 e. The van der Waals surface area contributed by atoms with Gasteiger partial charge in [-0.2, -0.15) is 0 Å². The van der Waals surface area contributed by atoms with Crippen molar-refractivity contribution in [1.29, 1.82) is 0 Å². The Kier molecular flexibility index (Phi) is 38.5. The number of rotatable bonds is 21. The van der Waals surface area contributed by atoms with E-state index in [1.165, 1.54) is 0 Å². The second-order valence-corrected chi connectivity index (χ2v) is 14.6. The summed E-state index contributed by atoms with van der Waals surface area (Å²) >= 11 is 0. The molecule has 0 bridgehead atoms. The Morgan fingerprint density at radius 3 is 0.784 bits per heavy atom. The average molecular weight is 735 g/mol. The monoisotopic (exact) mass is 735 g/mol. The van der Waals surface area contributed by atoms with E-state index in [1.54, 1.807) is 0 Å². The van der Waals surface area contributed by atoms with Crippen LogP contribution in [0, 0.1) is 49.4 Å². The van der Waals surface area contributed by atoms with E-state index < -0.39 is 22.8 Å². The summed E-state index contributed by atoms with van der Waals surface area (Å²) in [7, 11) is -9.72. The minimum Gasteiger partial charge on any atom is -0.324 e. The second kappa shape index (κ2) is 31.0. The molecule has 0 aromatic rings. The third kappa shape index (κ3) is 40.2. The number of hydrogen-bond acceptors (Lipinski definition) is 6. The summed E-state index contributed by atoms with van der Waals surface area (Å²) < 4.78 is 48.2. The molecule has 0 fully saturated rings. The fourth-order valence-electron chi connectivity index (χ4n) is 2.32. The molecule has 229 valence electrons. The fraction of sp³-hybridized carbons (Fsp3) is 1.00. The van der Waals surface area contributed by atoms with E-state index >= 15 is 0 Å². The Bertz CT molecular complexity index is 529. The van der Waals surface area contributed by atoms with Crippen LogP contribution in [0.2, 0.25) is 0 Å². The molecule has 0 spiro atoms. The SMILES string of the molecule is CCCCOP(=O)(O)CCCC.CCCCOP(=O)(O)CCCC.CCCCOP(=O)(O)CCCC.[Eu]. The van der Waals surface area contributed by atoms with Crippen LogP contribution in [0.15, 0.2) is 0 Å². The molecule has 9 nitrogen and oxygen atoms in total. The molecule has 0 amide bonds. The van der Waals surface area contributed by atoms with Gasteiger partial charge in [-0.1, -0.05) is 80.1 Å². The Morgan fingerprint density at radius 1 is 0.432 bits per heavy atom. The van der Waals surface area contributed by atoms with Crippen LogP contribution in [-0.4, -0.2) is 53.0 Å². The Hall–Kier alpha value is 2.03. The Labute approximate surface area is 268 Å². The second-order valence-electron chi connectivity index (χ2n) is 8.70. The molecule has 37 heavy (non-hydrogen) atoms. The summed E-state index contributed by atoms with van der Waals surface area (Å²) in [5, 5.41) is 0. The van der Waals surface area contributed by atoms with Crippen LogP contribution in [0.25, 0.3) is 0 Å². The first-order valence-corrected chi connectivity index (χ1v) is 19.0. The van der Waals surface area contributed by atoms with E-state index in [0.29, 0.717) is 38.3 Å². The van der Waals surface area contributed by atoms with E-state index in [-0.39, 0.29) is 49.4 Å². The zero-order valence-corrected chi connectivity index (χ0v) is 29.3. The first-order chi connectivity index (χ1) is 16.9. The molecule has 0 saturated heterocycles. The zero-order valence-electron chi connectivity index (χ0n) is 24.2. The molecule has 0 heterocycles. The fourth-order valence-corrected chi connectivity index (χ4v) is 6.10. The molecule has 0 aliphatic carbocycles. The summed E-state index contributed by atoms with van der Waals surface area (Å²) in [6, 6.07) is 0. The molecular weight excluding hydrogens is 677 g/mol. The molecule has 3 N–H and O–H groups in total. The van der Waals surface area contributed by atoms with Crippen LogP contribution < -0.4 is 0 Å². The Morgan fingerprint density at radius 2 is 0.622 bits per heavy atom. The molecule has 0 aliphatic rings. The summed E-state index contributed by atoms with van der Waals surface area (Å²) in [5.74, 6) is 0. The topological polar surface area (TPSA) is 140 Å². The molecule has 1 radical (unpaired) electrons. The van der Waals surface area contributed by atoms with Crippen LogP contribution in [0.4, 0.5) is 0 Å². The van der Waals surface area contributed by atoms with Gasteiger partial charge in [-0.3, -0.25) is 13.7 Å². The van der Waals surface area contributed by atoms with Crippen LogP contribution >= 0.6 is 22.8 Å². The maximum Gasteiger partial charge on any atom is 0.328 e. The molecule has 3 unspecified atom stereocenters. The molecule has 0 aromatic carbocycles. The van der Waals surface area contributed by atoms with Gasteiger partial charge in [-0.25, -0.2) is 0 Å². The van der Waals surface area contributed by atoms with Crippen molar-refractivity contribution < 1.29 is 91.3 Å². The predicted octanol–water partition coefficient (Wildman–Crippen LogP) is 8.37. The third-order valence-corrected chi connectivity index (χ3v) is 9.16. The van der Waals surface area contributed by atoms with Gasteiger partial charge in [0, 0.05) is 67.9 Å². The normalized spacial score (nSPS) is 15.5. The molecule has 3 atom stereocenters. The zero-order chi connectivity index (χ0) is 28.3. The van der Waals surface area contributed by atoms with Crippen LogP contribution in [0.5, 0.6) is 0 Å². The van der Waals surface area contributed by atoms with Crippen molar-refractivity contribution in [2.24, 2.45) is 0 Å². The minimum atomic E-state index is -3.24. The van der Waals surface area contributed by atoms with Crippen molar-refractivity contribution in [2.75, 3.05) is 38.3 Å². The number of hydrogen-bond donors (Lipinski definition) is 3. The summed E-state index contributed by atoms with van der Waals surface area (Å²) in [6.45, 7) is 13.3. The summed E-state index contributed by atoms with van der Waals surface area (Å²) in [6.07, 6.45) is 11.5. The van der Waals surface area contributed by atoms with Crippen LogP contribution in [0.1, 0.15) is 119 Å². The van der Waals surface area contributed by atoms with Gasteiger partial charge in [0.1, 0.15) is 0 Å². The summed E-state index contributed by atoms with van der Waals surface area (Å²) in [5.41, 5.74) is 0. The van der Waals surface area contributed by atoms with E-state index in [0.717, 1.165) is 77.0 Å². The van der Waals surface area contributed by atoms with Crippen molar-refractivity contribution in [3.05, 3.63) is 0 Å². The van der Waals surface area contributed by atoms with Crippen molar-refractivity contribution in [2.45, 2.75) is 119 Å². The molecule has 0 rings (SSSR count). The first kappa shape index (κ1) is 46.0. The molecular formula is C24H57EuO9P3. The van der Waals surface area contributed by atoms with E-state index in [4.69, 9.17) is 13.6 Å². The van der Waals surface area contributed by atoms with Crippen molar-refractivity contribution in [3.8, 4) is 0 Å². The van der Waals surface area contributed by atoms with Gasteiger partial charge in [0.25, 0.3) is 0 Å². The van der Waals surface area contributed by atoms with Gasteiger partial charge < -0.3 is 28.3 Å². The standard InChI is InChI=1S/3C8H19O3P.Eu/c3*1-3-5-7-11-12(9,10)8-6-4-2;/h3*3-8H2,1-2H3,(H,9,10);. The van der Waals surface area contributed by atoms with Gasteiger partial charge >= 0.3 is 22.8 Å². The van der Waals surface area contributed by atoms with E-state index in [1.807, 2.05) is 41.5 Å². The van der Waals surface area contributed by atoms with Gasteiger partial charge in [-0.05, 0) is 38.5 Å². The van der Waals surface area contributed by atoms with Crippen molar-refractivity contribution in [3.63, 3.8) is 0 Å². The van der Waals surface area contributed by atoms with Gasteiger partial charge in [0.15, 0.2) is 0 Å². The van der Waals surface area contributed by atoms with E-state index in [2.05, 4.69) is 0 Å². The first-order valence-electron chi connectivity index (χ1n) is 13.8. The predicted molar refractivity (Wildman–Crippen MR) is 151 cm³/mol. The Balaban J connectivity index is -0.000000218. The summed E-state index contributed by atoms with van der Waals surface area (Å²) in [4.78, 5) is 27.6. The molecule has 0 aliphatic heterocycles. The van der Waals surface area contributed by atoms with Crippen molar-refractivity contribution in [1.82, 2.24) is 0 Å². The molecule has 0 aromatic heterocycles. The molecule has 13 heteroatoms. The van der Waals surface area contributed by atoms with E-state index in [9.17, 15) is 28.4 Å². The van der Waals surface area contributed by atoms with Gasteiger partial charge in [0.05, 0.1) is 19.8 Å². The quantitative estimate of drug-likeness (QED) is 0.0784. The van der Waals surface area contributed by atoms with Gasteiger partial charge in [-0.15, -0.1) is 0 Å². The maximum absolute atomic E-state index is 11.2. The largest absolute Gasteiger partial charge is 0.328 e. The third-order valence-electron chi connectivity index (χ3n) is 4.76.